The van der Waals surface area contributed by atoms with E-state index in [1.807, 2.05) is 20.9 Å². The molecule has 102 valence electrons. The molecule has 0 aliphatic heterocycles. The lowest BCUT2D eigenvalue weighted by Crippen LogP contribution is -2.32. The molecular weight excluding hydrogens is 246 g/mol. The van der Waals surface area contributed by atoms with E-state index in [0.29, 0.717) is 12.2 Å². The SMILES string of the molecule is Cn1ncc2c(NC(C)(C)CCC(=O)O)ncnc21. The molecule has 2 N–H and O–H groups in total. The Kier molecular flexibility index (Phi) is 3.37. The highest BCUT2D eigenvalue weighted by molar-refractivity contribution is 5.86. The van der Waals surface area contributed by atoms with E-state index in [1.54, 1.807) is 10.9 Å². The Morgan fingerprint density at radius 3 is 2.89 bits per heavy atom. The number of fused-ring (bicyclic) bond motifs is 1. The first-order valence-corrected chi connectivity index (χ1v) is 6.02. The predicted octanol–water partition coefficient (Wildman–Crippen LogP) is 1.42. The van der Waals surface area contributed by atoms with E-state index in [1.165, 1.54) is 6.33 Å². The van der Waals surface area contributed by atoms with Gasteiger partial charge in [0.25, 0.3) is 0 Å². The maximum atomic E-state index is 10.6. The van der Waals surface area contributed by atoms with E-state index in [2.05, 4.69) is 20.4 Å². The zero-order valence-corrected chi connectivity index (χ0v) is 11.2. The lowest BCUT2D eigenvalue weighted by atomic mass is 9.98. The zero-order valence-electron chi connectivity index (χ0n) is 11.2. The Morgan fingerprint density at radius 1 is 1.47 bits per heavy atom. The van der Waals surface area contributed by atoms with Gasteiger partial charge in [0.05, 0.1) is 11.6 Å². The molecule has 19 heavy (non-hydrogen) atoms. The molecule has 2 rings (SSSR count). The topological polar surface area (TPSA) is 92.9 Å². The Bertz CT molecular complexity index is 605. The van der Waals surface area contributed by atoms with E-state index < -0.39 is 5.97 Å². The van der Waals surface area contributed by atoms with Crippen LogP contribution in [0, 0.1) is 0 Å². The third-order valence-electron chi connectivity index (χ3n) is 2.95. The van der Waals surface area contributed by atoms with Crippen LogP contribution < -0.4 is 5.32 Å². The summed E-state index contributed by atoms with van der Waals surface area (Å²) in [4.78, 5) is 19.0. The van der Waals surface area contributed by atoms with E-state index >= 15 is 0 Å². The summed E-state index contributed by atoms with van der Waals surface area (Å²) in [5.74, 6) is -0.127. The van der Waals surface area contributed by atoms with Gasteiger partial charge in [0.15, 0.2) is 5.65 Å². The fourth-order valence-corrected chi connectivity index (χ4v) is 1.86. The number of aromatic nitrogens is 4. The first-order valence-electron chi connectivity index (χ1n) is 6.02. The largest absolute Gasteiger partial charge is 0.481 e. The van der Waals surface area contributed by atoms with Crippen LogP contribution in [0.1, 0.15) is 26.7 Å². The molecule has 0 amide bonds. The second kappa shape index (κ2) is 4.83. The fourth-order valence-electron chi connectivity index (χ4n) is 1.86. The van der Waals surface area contributed by atoms with Gasteiger partial charge in [-0.1, -0.05) is 0 Å². The Hall–Kier alpha value is -2.18. The number of anilines is 1. The monoisotopic (exact) mass is 263 g/mol. The van der Waals surface area contributed by atoms with Crippen molar-refractivity contribution in [2.75, 3.05) is 5.32 Å². The van der Waals surface area contributed by atoms with Gasteiger partial charge in [0, 0.05) is 19.0 Å². The third kappa shape index (κ3) is 2.98. The van der Waals surface area contributed by atoms with Crippen LogP contribution in [0.4, 0.5) is 5.82 Å². The molecule has 0 fully saturated rings. The first kappa shape index (κ1) is 13.3. The minimum absolute atomic E-state index is 0.112. The number of nitrogens with one attached hydrogen (secondary N) is 1. The molecule has 0 saturated heterocycles. The van der Waals surface area contributed by atoms with Crippen LogP contribution >= 0.6 is 0 Å². The van der Waals surface area contributed by atoms with Crippen molar-refractivity contribution in [2.45, 2.75) is 32.2 Å². The van der Waals surface area contributed by atoms with Crippen LogP contribution in [0.5, 0.6) is 0 Å². The molecule has 2 aromatic rings. The van der Waals surface area contributed by atoms with Crippen LogP contribution in [0.25, 0.3) is 11.0 Å². The molecule has 0 aliphatic rings. The fraction of sp³-hybridized carbons (Fsp3) is 0.500. The molecule has 0 radical (unpaired) electrons. The number of nitrogens with zero attached hydrogens (tertiary/aromatic N) is 4. The van der Waals surface area contributed by atoms with Crippen molar-refractivity contribution in [3.8, 4) is 0 Å². The Balaban J connectivity index is 2.23. The molecule has 7 heteroatoms. The van der Waals surface area contributed by atoms with E-state index in [9.17, 15) is 4.79 Å². The third-order valence-corrected chi connectivity index (χ3v) is 2.95. The van der Waals surface area contributed by atoms with Crippen molar-refractivity contribution in [1.29, 1.82) is 0 Å². The molecule has 0 atom stereocenters. The molecule has 0 aliphatic carbocycles. The highest BCUT2D eigenvalue weighted by Crippen LogP contribution is 2.23. The summed E-state index contributed by atoms with van der Waals surface area (Å²) in [6.07, 6.45) is 3.79. The number of hydrogen-bond acceptors (Lipinski definition) is 5. The van der Waals surface area contributed by atoms with E-state index in [4.69, 9.17) is 5.11 Å². The molecule has 0 aromatic carbocycles. The van der Waals surface area contributed by atoms with Crippen LogP contribution in [0.15, 0.2) is 12.5 Å². The zero-order chi connectivity index (χ0) is 14.0. The molecule has 2 aromatic heterocycles. The van der Waals surface area contributed by atoms with E-state index in [-0.39, 0.29) is 12.0 Å². The van der Waals surface area contributed by atoms with Crippen LogP contribution in [-0.4, -0.2) is 36.4 Å². The first-order chi connectivity index (χ1) is 8.89. The highest BCUT2D eigenvalue weighted by Gasteiger charge is 2.21. The van der Waals surface area contributed by atoms with Gasteiger partial charge < -0.3 is 10.4 Å². The maximum absolute atomic E-state index is 10.6. The van der Waals surface area contributed by atoms with Crippen molar-refractivity contribution in [2.24, 2.45) is 7.05 Å². The minimum atomic E-state index is -0.802. The summed E-state index contributed by atoms with van der Waals surface area (Å²) in [6.45, 7) is 3.89. The quantitative estimate of drug-likeness (QED) is 0.847. The number of carbonyl (C=O) groups is 1. The summed E-state index contributed by atoms with van der Waals surface area (Å²) in [7, 11) is 1.81. The van der Waals surface area contributed by atoms with Gasteiger partial charge in [0.2, 0.25) is 0 Å². The normalized spacial score (nSPS) is 11.7. The number of aryl methyl sites for hydroxylation is 1. The minimum Gasteiger partial charge on any atom is -0.481 e. The van der Waals surface area contributed by atoms with Gasteiger partial charge >= 0.3 is 5.97 Å². The summed E-state index contributed by atoms with van der Waals surface area (Å²) < 4.78 is 1.67. The van der Waals surface area contributed by atoms with Crippen molar-refractivity contribution in [1.82, 2.24) is 19.7 Å². The number of carboxylic acids is 1. The smallest absolute Gasteiger partial charge is 0.303 e. The van der Waals surface area contributed by atoms with Crippen molar-refractivity contribution in [3.63, 3.8) is 0 Å². The van der Waals surface area contributed by atoms with Crippen molar-refractivity contribution < 1.29 is 9.90 Å². The van der Waals surface area contributed by atoms with Crippen LogP contribution in [0.3, 0.4) is 0 Å². The second-order valence-corrected chi connectivity index (χ2v) is 5.13. The molecule has 0 spiro atoms. The second-order valence-electron chi connectivity index (χ2n) is 5.13. The highest BCUT2D eigenvalue weighted by atomic mass is 16.4. The Labute approximate surface area is 110 Å². The number of hydrogen-bond donors (Lipinski definition) is 2. The van der Waals surface area contributed by atoms with E-state index in [0.717, 1.165) is 11.0 Å². The number of rotatable bonds is 5. The van der Waals surface area contributed by atoms with Gasteiger partial charge in [-0.05, 0) is 20.3 Å². The number of aliphatic carboxylic acids is 1. The van der Waals surface area contributed by atoms with Crippen molar-refractivity contribution in [3.05, 3.63) is 12.5 Å². The molecule has 0 unspecified atom stereocenters. The van der Waals surface area contributed by atoms with Crippen molar-refractivity contribution >= 4 is 22.8 Å². The van der Waals surface area contributed by atoms with Crippen LogP contribution in [-0.2, 0) is 11.8 Å². The predicted molar refractivity (Wildman–Crippen MR) is 70.9 cm³/mol. The average Bonchev–Trinajstić information content (AvgIpc) is 2.70. The van der Waals surface area contributed by atoms with Crippen LogP contribution in [0.2, 0.25) is 0 Å². The molecular formula is C12H17N5O2. The van der Waals surface area contributed by atoms with Gasteiger partial charge in [-0.25, -0.2) is 9.97 Å². The molecule has 7 nitrogen and oxygen atoms in total. The lowest BCUT2D eigenvalue weighted by Gasteiger charge is -2.26. The van der Waals surface area contributed by atoms with Gasteiger partial charge in [-0.2, -0.15) is 5.10 Å². The summed E-state index contributed by atoms with van der Waals surface area (Å²) in [5.41, 5.74) is 0.377. The summed E-state index contributed by atoms with van der Waals surface area (Å²) in [6, 6.07) is 0. The summed E-state index contributed by atoms with van der Waals surface area (Å²) in [5, 5.41) is 17.0. The standard InChI is InChI=1S/C12H17N5O2/c1-12(2,5-4-9(18)19)16-10-8-6-15-17(3)11(8)14-7-13-10/h6-7H,4-5H2,1-3H3,(H,18,19)(H,13,14,16). The van der Waals surface area contributed by atoms with Gasteiger partial charge in [0.1, 0.15) is 12.1 Å². The molecule has 2 heterocycles. The average molecular weight is 263 g/mol. The van der Waals surface area contributed by atoms with Gasteiger partial charge in [-0.15, -0.1) is 0 Å². The lowest BCUT2D eigenvalue weighted by molar-refractivity contribution is -0.137. The summed E-state index contributed by atoms with van der Waals surface area (Å²) >= 11 is 0. The molecule has 0 bridgehead atoms. The molecule has 0 saturated carbocycles. The maximum Gasteiger partial charge on any atom is 0.303 e. The number of carboxylic acid groups (broad SMARTS) is 1. The van der Waals surface area contributed by atoms with Gasteiger partial charge in [-0.3, -0.25) is 9.48 Å². The Morgan fingerprint density at radius 2 is 2.21 bits per heavy atom.